The van der Waals surface area contributed by atoms with Crippen molar-refractivity contribution < 1.29 is 197 Å². The van der Waals surface area contributed by atoms with Crippen molar-refractivity contribution in [1.82, 2.24) is 26.6 Å². The third kappa shape index (κ3) is 19.2. The van der Waals surface area contributed by atoms with E-state index in [2.05, 4.69) is 26.6 Å². The van der Waals surface area contributed by atoms with Crippen LogP contribution in [0.3, 0.4) is 0 Å². The number of amides is 5. The van der Waals surface area contributed by atoms with Gasteiger partial charge in [0.05, 0.1) is 52.4 Å². The van der Waals surface area contributed by atoms with Crippen LogP contribution >= 0.6 is 0 Å². The first kappa shape index (κ1) is 84.6. The van der Waals surface area contributed by atoms with Crippen LogP contribution in [0, 0.1) is 0 Å². The molecule has 25 N–H and O–H groups in total. The molecule has 8 aliphatic heterocycles. The van der Waals surface area contributed by atoms with Crippen LogP contribution < -0.4 is 26.6 Å². The van der Waals surface area contributed by atoms with Gasteiger partial charge in [0.1, 0.15) is 189 Å². The van der Waals surface area contributed by atoms with Crippen molar-refractivity contribution in [2.75, 3.05) is 46.2 Å². The first-order valence-corrected chi connectivity index (χ1v) is 33.0. The smallest absolute Gasteiger partial charge is 0.217 e. The van der Waals surface area contributed by atoms with Gasteiger partial charge in [-0.1, -0.05) is 0 Å². The number of aliphatic hydroxyl groups is 20. The lowest BCUT2D eigenvalue weighted by Crippen LogP contribution is -2.71. The molecular weight excluding hydrogens is 1410 g/mol. The van der Waals surface area contributed by atoms with E-state index >= 15 is 0 Å². The second-order valence-corrected chi connectivity index (χ2v) is 26.1. The van der Waals surface area contributed by atoms with Gasteiger partial charge < -0.3 is 200 Å². The fourth-order valence-corrected chi connectivity index (χ4v) is 13.3. The summed E-state index contributed by atoms with van der Waals surface area (Å²) < 4.78 is 90.1. The second-order valence-electron chi connectivity index (χ2n) is 26.1. The van der Waals surface area contributed by atoms with Crippen molar-refractivity contribution in [3.05, 3.63) is 0 Å². The maximum Gasteiger partial charge on any atom is 0.217 e. The van der Waals surface area contributed by atoms with Gasteiger partial charge in [-0.15, -0.1) is 0 Å². The lowest BCUT2D eigenvalue weighted by Gasteiger charge is -2.52. The van der Waals surface area contributed by atoms with E-state index in [9.17, 15) is 126 Å². The lowest BCUT2D eigenvalue weighted by molar-refractivity contribution is -0.404. The monoisotopic (exact) mass is 1500 g/mol. The zero-order valence-electron chi connectivity index (χ0n) is 56.2. The Hall–Kier alpha value is -4.05. The SMILES string of the molecule is CC(=O)N[C@H]1[C@H](O[C@H]2[C@H](O)[C@@H](NC(C)=O)C(O)O[C@@H]2CO[C@@H]2O[C@@H](C)[C@@H](O)[C@@H](O)[C@@H]2O)O[C@H](CO)[C@@H](O[C@@H]2O[C@H](CO)[C@@H](O[C@@H]3O[C@H](CO)[C@@H](O)[C@H](O)[C@H]3NC(C)=O)[C@H](O[C@H]3O[C@H](CO)[C@@H](O)[C@H](O)[C@@H]3O[C@@H]3O[C@H](CO)[C@@H](O[C@@H]4O[C@H](CO)[C@H](O)[C@H](O)[C@H]4NC(C)=O)[C@H](O)[C@H]3NC(C)=O)[C@@H]2O)[C@@H]1O. The number of hydrogen-bond acceptors (Lipinski definition) is 40. The van der Waals surface area contributed by atoms with Crippen molar-refractivity contribution >= 4 is 29.5 Å². The fourth-order valence-electron chi connectivity index (χ4n) is 13.3. The highest BCUT2D eigenvalue weighted by atomic mass is 16.8. The second kappa shape index (κ2) is 36.9. The predicted molar refractivity (Wildman–Crippen MR) is 321 cm³/mol. The number of hydrogen-bond donors (Lipinski definition) is 25. The molecule has 45 heteroatoms. The molecule has 103 heavy (non-hydrogen) atoms. The standard InChI is InChI=1S/C58H97N5O40/c1-14-32(75)41(84)43(86)56(90-14)89-13-26-47(38(81)27(51(88)91-26)59-15(2)70)99-54-30(62-18(5)73)40(83)46(24(11-68)95-54)100-57-44(87)49(48(25(12-69)97-57)101-53-29(61-17(4)72)37(80)34(77)21(8-65)93-53)102-58-50(42(85)35(78)22(9-66)94-58)103-55-31(63-19(6)74)39(82)45(23(10-67)96-55)98-52-28(60-16(3)71)36(79)33(76)20(7-64)92-52/h14,20-58,64-69,75-88H,7-13H2,1-6H3,(H,59,70)(H,60,71)(H,61,72)(H,62,73)(H,63,74)/t14-,20+,21+,22+,23+,24+,25+,26+,27+,28+,29+,30+,31+,32+,33-,34+,35+,36+,37+,38+,39+,40+,41+,42-,43-,44-,45+,46+,47+,48+,49+,50-,51?,52-,53-,54-,55-,56+,57-,58+/m0/s1. The molecule has 8 fully saturated rings. The van der Waals surface area contributed by atoms with Crippen LogP contribution in [-0.2, 0) is 95.0 Å². The van der Waals surface area contributed by atoms with E-state index in [0.717, 1.165) is 34.6 Å². The van der Waals surface area contributed by atoms with Crippen LogP contribution in [0.2, 0.25) is 0 Å². The summed E-state index contributed by atoms with van der Waals surface area (Å²) in [6.45, 7) is -1.17. The van der Waals surface area contributed by atoms with E-state index in [0.29, 0.717) is 0 Å². The number of nitrogens with one attached hydrogen (secondary N) is 5. The molecule has 594 valence electrons. The third-order valence-electron chi connectivity index (χ3n) is 18.6. The molecule has 0 spiro atoms. The van der Waals surface area contributed by atoms with Crippen molar-refractivity contribution in [3.63, 3.8) is 0 Å². The Balaban J connectivity index is 1.14. The van der Waals surface area contributed by atoms with Gasteiger partial charge in [-0.3, -0.25) is 24.0 Å². The Labute approximate surface area is 585 Å². The fraction of sp³-hybridized carbons (Fsp3) is 0.914. The van der Waals surface area contributed by atoms with Crippen LogP contribution in [0.15, 0.2) is 0 Å². The Morgan fingerprint density at radius 2 is 0.583 bits per heavy atom. The summed E-state index contributed by atoms with van der Waals surface area (Å²) in [5.74, 6) is -4.34. The predicted octanol–water partition coefficient (Wildman–Crippen LogP) is -16.7. The van der Waals surface area contributed by atoms with Crippen molar-refractivity contribution in [1.29, 1.82) is 0 Å². The molecule has 1 unspecified atom stereocenters. The van der Waals surface area contributed by atoms with Gasteiger partial charge in [0, 0.05) is 34.6 Å². The molecule has 8 saturated heterocycles. The van der Waals surface area contributed by atoms with Gasteiger partial charge in [-0.2, -0.15) is 0 Å². The van der Waals surface area contributed by atoms with Crippen LogP contribution in [0.25, 0.3) is 0 Å². The van der Waals surface area contributed by atoms with Gasteiger partial charge in [0.2, 0.25) is 29.5 Å². The number of carbonyl (C=O) groups excluding carboxylic acids is 5. The van der Waals surface area contributed by atoms with E-state index in [1.807, 2.05) is 0 Å². The molecule has 45 nitrogen and oxygen atoms in total. The molecule has 8 heterocycles. The molecule has 8 aliphatic rings. The Morgan fingerprint density at radius 1 is 0.272 bits per heavy atom. The topological polar surface area (TPSA) is 689 Å². The quantitative estimate of drug-likeness (QED) is 0.0382. The Kier molecular flexibility index (Phi) is 30.3. The highest BCUT2D eigenvalue weighted by Crippen LogP contribution is 2.40. The summed E-state index contributed by atoms with van der Waals surface area (Å²) in [5.41, 5.74) is 0. The van der Waals surface area contributed by atoms with Gasteiger partial charge in [0.25, 0.3) is 0 Å². The summed E-state index contributed by atoms with van der Waals surface area (Å²) in [6, 6.07) is -9.01. The third-order valence-corrected chi connectivity index (χ3v) is 18.6. The molecule has 0 aromatic rings. The van der Waals surface area contributed by atoms with Gasteiger partial charge >= 0.3 is 0 Å². The molecule has 0 aromatic heterocycles. The maximum absolute atomic E-state index is 13.1. The maximum atomic E-state index is 13.1. The molecule has 8 rings (SSSR count). The Bertz CT molecular complexity index is 2750. The van der Waals surface area contributed by atoms with Crippen LogP contribution in [0.4, 0.5) is 0 Å². The summed E-state index contributed by atoms with van der Waals surface area (Å²) >= 11 is 0. The highest BCUT2D eigenvalue weighted by Gasteiger charge is 2.61. The van der Waals surface area contributed by atoms with E-state index in [1.165, 1.54) is 6.92 Å². The number of carbonyl (C=O) groups is 5. The van der Waals surface area contributed by atoms with Crippen molar-refractivity contribution in [2.45, 2.75) is 287 Å². The molecule has 0 aromatic carbocycles. The normalized spacial score (nSPS) is 47.6. The van der Waals surface area contributed by atoms with Crippen molar-refractivity contribution in [2.24, 2.45) is 0 Å². The highest BCUT2D eigenvalue weighted by molar-refractivity contribution is 5.75. The van der Waals surface area contributed by atoms with E-state index in [-0.39, 0.29) is 0 Å². The largest absolute Gasteiger partial charge is 0.394 e. The molecule has 0 saturated carbocycles. The van der Waals surface area contributed by atoms with Gasteiger partial charge in [-0.05, 0) is 6.92 Å². The summed E-state index contributed by atoms with van der Waals surface area (Å²) in [4.78, 5) is 63.4. The number of rotatable bonds is 26. The molecule has 40 atom stereocenters. The van der Waals surface area contributed by atoms with Crippen LogP contribution in [-0.4, -0.2) is 423 Å². The summed E-state index contributed by atoms with van der Waals surface area (Å²) in [6.07, 6.45) is -69.5. The van der Waals surface area contributed by atoms with Crippen LogP contribution in [0.5, 0.6) is 0 Å². The molecule has 0 aliphatic carbocycles. The van der Waals surface area contributed by atoms with Gasteiger partial charge in [0.15, 0.2) is 50.3 Å². The minimum Gasteiger partial charge on any atom is -0.394 e. The van der Waals surface area contributed by atoms with E-state index in [4.69, 9.17) is 71.1 Å². The minimum atomic E-state index is -2.53. The zero-order valence-corrected chi connectivity index (χ0v) is 56.2. The Morgan fingerprint density at radius 3 is 1.00 bits per heavy atom. The first-order valence-electron chi connectivity index (χ1n) is 33.0. The lowest BCUT2D eigenvalue weighted by atomic mass is 9.93. The summed E-state index contributed by atoms with van der Waals surface area (Å²) in [7, 11) is 0. The molecule has 0 bridgehead atoms. The number of ether oxygens (including phenoxy) is 15. The average Bonchev–Trinajstić information content (AvgIpc) is 0.765. The zero-order chi connectivity index (χ0) is 76.1. The molecule has 5 amide bonds. The molecule has 0 radical (unpaired) electrons. The van der Waals surface area contributed by atoms with E-state index in [1.54, 1.807) is 0 Å². The van der Waals surface area contributed by atoms with Crippen molar-refractivity contribution in [3.8, 4) is 0 Å². The van der Waals surface area contributed by atoms with E-state index < -0.39 is 321 Å². The summed E-state index contributed by atoms with van der Waals surface area (Å²) in [5, 5.41) is 235. The first-order chi connectivity index (χ1) is 48.6. The minimum absolute atomic E-state index is 0.791. The molecular formula is C58H97N5O40. The number of aliphatic hydroxyl groups excluding tert-OH is 20. The average molecular weight is 1500 g/mol. The van der Waals surface area contributed by atoms with Crippen LogP contribution in [0.1, 0.15) is 41.5 Å². The van der Waals surface area contributed by atoms with Gasteiger partial charge in [-0.25, -0.2) is 0 Å².